The number of aliphatic hydroxyl groups is 1. The molecule has 18 heavy (non-hydrogen) atoms. The Balaban J connectivity index is 2.01. The number of hydrogen-bond donors (Lipinski definition) is 1. The second kappa shape index (κ2) is 4.68. The Morgan fingerprint density at radius 2 is 2.28 bits per heavy atom. The van der Waals surface area contributed by atoms with Gasteiger partial charge in [0.1, 0.15) is 16.2 Å². The number of nitrogens with zero attached hydrogens (tertiary/aromatic N) is 4. The van der Waals surface area contributed by atoms with Gasteiger partial charge < -0.3 is 9.67 Å². The summed E-state index contributed by atoms with van der Waals surface area (Å²) in [7, 11) is 1.88. The average Bonchev–Trinajstić information content (AvgIpc) is 2.98. The summed E-state index contributed by atoms with van der Waals surface area (Å²) in [6.45, 7) is -0.0122. The molecule has 0 bridgehead atoms. The van der Waals surface area contributed by atoms with Gasteiger partial charge >= 0.3 is 0 Å². The van der Waals surface area contributed by atoms with Crippen LogP contribution >= 0.6 is 23.1 Å². The molecule has 92 valence electrons. The van der Waals surface area contributed by atoms with Crippen LogP contribution in [0.25, 0.3) is 10.2 Å². The molecule has 0 fully saturated rings. The first kappa shape index (κ1) is 11.6. The minimum Gasteiger partial charge on any atom is -0.390 e. The lowest BCUT2D eigenvalue weighted by Crippen LogP contribution is -1.97. The van der Waals surface area contributed by atoms with Crippen molar-refractivity contribution in [1.82, 2.24) is 19.5 Å². The fourth-order valence-corrected chi connectivity index (χ4v) is 3.31. The van der Waals surface area contributed by atoms with Gasteiger partial charge in [-0.15, -0.1) is 11.3 Å². The van der Waals surface area contributed by atoms with Crippen LogP contribution in [0, 0.1) is 0 Å². The molecule has 0 saturated heterocycles. The lowest BCUT2D eigenvalue weighted by molar-refractivity contribution is 0.271. The van der Waals surface area contributed by atoms with Crippen LogP contribution < -0.4 is 0 Å². The molecule has 3 aromatic heterocycles. The van der Waals surface area contributed by atoms with Crippen LogP contribution in [-0.4, -0.2) is 24.6 Å². The zero-order chi connectivity index (χ0) is 12.5. The van der Waals surface area contributed by atoms with Crippen molar-refractivity contribution in [2.45, 2.75) is 16.8 Å². The predicted molar refractivity (Wildman–Crippen MR) is 70.7 cm³/mol. The van der Waals surface area contributed by atoms with E-state index in [1.54, 1.807) is 23.9 Å². The van der Waals surface area contributed by atoms with Gasteiger partial charge in [0, 0.05) is 12.4 Å². The molecule has 7 heteroatoms. The number of aliphatic hydroxyl groups excluding tert-OH is 1. The van der Waals surface area contributed by atoms with Crippen LogP contribution in [0.4, 0.5) is 0 Å². The summed E-state index contributed by atoms with van der Waals surface area (Å²) < 4.78 is 1.87. The Labute approximate surface area is 112 Å². The maximum absolute atomic E-state index is 9.14. The van der Waals surface area contributed by atoms with E-state index in [4.69, 9.17) is 5.11 Å². The number of imidazole rings is 1. The molecule has 1 N–H and O–H groups in total. The van der Waals surface area contributed by atoms with Gasteiger partial charge in [-0.05, 0) is 23.2 Å². The first-order chi connectivity index (χ1) is 8.79. The number of hydrogen-bond acceptors (Lipinski definition) is 6. The van der Waals surface area contributed by atoms with Crippen LogP contribution in [0.15, 0.2) is 34.2 Å². The molecule has 0 unspecified atom stereocenters. The third-order valence-electron chi connectivity index (χ3n) is 2.62. The van der Waals surface area contributed by atoms with E-state index in [9.17, 15) is 0 Å². The lowest BCUT2D eigenvalue weighted by Gasteiger charge is -2.03. The van der Waals surface area contributed by atoms with Gasteiger partial charge in [-0.3, -0.25) is 0 Å². The Hall–Kier alpha value is -1.44. The molecule has 0 aliphatic heterocycles. The van der Waals surface area contributed by atoms with Crippen LogP contribution in [0.5, 0.6) is 0 Å². The topological polar surface area (TPSA) is 63.8 Å². The number of thiophene rings is 1. The molecule has 0 amide bonds. The number of rotatable bonds is 3. The van der Waals surface area contributed by atoms with E-state index in [1.165, 1.54) is 11.8 Å². The molecule has 0 radical (unpaired) electrons. The number of aromatic nitrogens is 4. The van der Waals surface area contributed by atoms with Gasteiger partial charge in [-0.1, -0.05) is 0 Å². The minimum atomic E-state index is -0.0122. The lowest BCUT2D eigenvalue weighted by atomic mass is 10.4. The van der Waals surface area contributed by atoms with Crippen LogP contribution in [0.3, 0.4) is 0 Å². The van der Waals surface area contributed by atoms with Crippen LogP contribution in [0.1, 0.15) is 5.69 Å². The third-order valence-corrected chi connectivity index (χ3v) is 4.52. The van der Waals surface area contributed by atoms with E-state index in [0.717, 1.165) is 26.1 Å². The summed E-state index contributed by atoms with van der Waals surface area (Å²) in [5, 5.41) is 13.9. The van der Waals surface area contributed by atoms with Gasteiger partial charge in [-0.2, -0.15) is 0 Å². The Kier molecular flexibility index (Phi) is 3.02. The van der Waals surface area contributed by atoms with E-state index in [0.29, 0.717) is 0 Å². The van der Waals surface area contributed by atoms with Crippen molar-refractivity contribution >= 4 is 33.3 Å². The highest BCUT2D eigenvalue weighted by atomic mass is 32.2. The van der Waals surface area contributed by atoms with Crippen LogP contribution in [0.2, 0.25) is 0 Å². The van der Waals surface area contributed by atoms with Crippen molar-refractivity contribution in [2.75, 3.05) is 0 Å². The van der Waals surface area contributed by atoms with E-state index in [-0.39, 0.29) is 6.61 Å². The fourth-order valence-electron chi connectivity index (χ4n) is 1.60. The van der Waals surface area contributed by atoms with E-state index in [2.05, 4.69) is 15.0 Å². The van der Waals surface area contributed by atoms with Crippen molar-refractivity contribution in [3.63, 3.8) is 0 Å². The normalized spacial score (nSPS) is 11.2. The van der Waals surface area contributed by atoms with Crippen molar-refractivity contribution in [2.24, 2.45) is 7.05 Å². The summed E-state index contributed by atoms with van der Waals surface area (Å²) in [5.74, 6) is 0. The standard InChI is InChI=1S/C11H10N4OS2/c1-15-7(5-16)4-12-11(15)18-10-8-2-3-17-9(8)13-6-14-10/h2-4,6,16H,5H2,1H3. The monoisotopic (exact) mass is 278 g/mol. The molecular formula is C11H10N4OS2. The molecular weight excluding hydrogens is 268 g/mol. The highest BCUT2D eigenvalue weighted by molar-refractivity contribution is 7.99. The summed E-state index contributed by atoms with van der Waals surface area (Å²) in [6.07, 6.45) is 3.24. The highest BCUT2D eigenvalue weighted by Gasteiger charge is 2.11. The fraction of sp³-hybridized carbons (Fsp3) is 0.182. The third kappa shape index (κ3) is 1.90. The number of fused-ring (bicyclic) bond motifs is 1. The molecule has 5 nitrogen and oxygen atoms in total. The Morgan fingerprint density at radius 1 is 1.39 bits per heavy atom. The summed E-state index contributed by atoms with van der Waals surface area (Å²) in [5.41, 5.74) is 0.785. The molecule has 3 aromatic rings. The molecule has 0 saturated carbocycles. The summed E-state index contributed by atoms with van der Waals surface area (Å²) in [4.78, 5) is 13.8. The van der Waals surface area contributed by atoms with E-state index in [1.807, 2.05) is 23.1 Å². The molecule has 0 aliphatic rings. The quantitative estimate of drug-likeness (QED) is 0.743. The van der Waals surface area contributed by atoms with Crippen molar-refractivity contribution < 1.29 is 5.11 Å². The SMILES string of the molecule is Cn1c(CO)cnc1Sc1ncnc2sccc12. The molecule has 3 heterocycles. The Morgan fingerprint density at radius 3 is 3.06 bits per heavy atom. The minimum absolute atomic E-state index is 0.0122. The second-order valence-electron chi connectivity index (χ2n) is 3.67. The van der Waals surface area contributed by atoms with Crippen molar-refractivity contribution in [3.05, 3.63) is 29.7 Å². The predicted octanol–water partition coefficient (Wildman–Crippen LogP) is 2.07. The van der Waals surface area contributed by atoms with Gasteiger partial charge in [0.05, 0.1) is 18.5 Å². The van der Waals surface area contributed by atoms with E-state index >= 15 is 0 Å². The zero-order valence-corrected chi connectivity index (χ0v) is 11.2. The first-order valence-corrected chi connectivity index (χ1v) is 6.96. The Bertz CT molecular complexity index is 691. The van der Waals surface area contributed by atoms with Gasteiger partial charge in [-0.25, -0.2) is 15.0 Å². The van der Waals surface area contributed by atoms with Gasteiger partial charge in [0.15, 0.2) is 5.16 Å². The van der Waals surface area contributed by atoms with Crippen LogP contribution in [-0.2, 0) is 13.7 Å². The first-order valence-electron chi connectivity index (χ1n) is 5.27. The average molecular weight is 278 g/mol. The molecule has 0 aliphatic carbocycles. The second-order valence-corrected chi connectivity index (χ2v) is 5.52. The molecule has 3 rings (SSSR count). The molecule has 0 spiro atoms. The molecule has 0 atom stereocenters. The zero-order valence-electron chi connectivity index (χ0n) is 9.57. The van der Waals surface area contributed by atoms with E-state index < -0.39 is 0 Å². The smallest absolute Gasteiger partial charge is 0.174 e. The largest absolute Gasteiger partial charge is 0.390 e. The van der Waals surface area contributed by atoms with Crippen molar-refractivity contribution in [3.8, 4) is 0 Å². The van der Waals surface area contributed by atoms with Gasteiger partial charge in [0.25, 0.3) is 0 Å². The maximum atomic E-state index is 9.14. The summed E-state index contributed by atoms with van der Waals surface area (Å²) >= 11 is 3.08. The summed E-state index contributed by atoms with van der Waals surface area (Å²) in [6, 6.07) is 2.01. The highest BCUT2D eigenvalue weighted by Crippen LogP contribution is 2.32. The van der Waals surface area contributed by atoms with Crippen molar-refractivity contribution in [1.29, 1.82) is 0 Å². The maximum Gasteiger partial charge on any atom is 0.174 e. The van der Waals surface area contributed by atoms with Gasteiger partial charge in [0.2, 0.25) is 0 Å². The molecule has 0 aromatic carbocycles.